The Bertz CT molecular complexity index is 579. The van der Waals surface area contributed by atoms with Gasteiger partial charge in [0.1, 0.15) is 15.6 Å². The maximum Gasteiger partial charge on any atom is 0.322 e. The second-order valence-electron chi connectivity index (χ2n) is 9.54. The van der Waals surface area contributed by atoms with Gasteiger partial charge >= 0.3 is 5.97 Å². The molecule has 5 nitrogen and oxygen atoms in total. The molecule has 2 bridgehead atoms. The Kier molecular flexibility index (Phi) is 5.35. The SMILES string of the molecule is CCC(C)(I)C(=O)OC1CC2OC1C(C1(O)CCCC1)C2C1(O)CCCC1. The van der Waals surface area contributed by atoms with Crippen LogP contribution in [0, 0.1) is 11.8 Å². The normalized spacial score (nSPS) is 41.6. The molecule has 0 aromatic heterocycles. The molecule has 2 aliphatic carbocycles. The van der Waals surface area contributed by atoms with Crippen LogP contribution in [0.4, 0.5) is 0 Å². The number of aliphatic hydroxyl groups is 2. The predicted octanol–water partition coefficient (Wildman–Crippen LogP) is 3.52. The van der Waals surface area contributed by atoms with Gasteiger partial charge in [-0.2, -0.15) is 0 Å². The largest absolute Gasteiger partial charge is 0.459 e. The van der Waals surface area contributed by atoms with Gasteiger partial charge in [0.15, 0.2) is 0 Å². The van der Waals surface area contributed by atoms with E-state index in [1.807, 2.05) is 13.8 Å². The number of hydrogen-bond donors (Lipinski definition) is 2. The van der Waals surface area contributed by atoms with E-state index in [-0.39, 0.29) is 36.1 Å². The van der Waals surface area contributed by atoms with E-state index >= 15 is 0 Å². The van der Waals surface area contributed by atoms with Crippen molar-refractivity contribution in [2.75, 3.05) is 0 Å². The van der Waals surface area contributed by atoms with E-state index in [0.717, 1.165) is 51.4 Å². The summed E-state index contributed by atoms with van der Waals surface area (Å²) < 4.78 is 11.7. The molecule has 6 atom stereocenters. The van der Waals surface area contributed by atoms with Gasteiger partial charge in [0.25, 0.3) is 0 Å². The molecular formula is C21H33IO5. The first-order valence-electron chi connectivity index (χ1n) is 10.7. The number of fused-ring (bicyclic) bond motifs is 2. The summed E-state index contributed by atoms with van der Waals surface area (Å²) in [5, 5.41) is 22.9. The quantitative estimate of drug-likeness (QED) is 0.349. The zero-order valence-electron chi connectivity index (χ0n) is 16.5. The molecule has 0 spiro atoms. The Morgan fingerprint density at radius 3 is 2.15 bits per heavy atom. The maximum absolute atomic E-state index is 12.6. The second-order valence-corrected chi connectivity index (χ2v) is 11.9. The monoisotopic (exact) mass is 492 g/mol. The number of alkyl halides is 1. The smallest absolute Gasteiger partial charge is 0.322 e. The van der Waals surface area contributed by atoms with Crippen molar-refractivity contribution < 1.29 is 24.5 Å². The van der Waals surface area contributed by atoms with Crippen LogP contribution in [0.2, 0.25) is 0 Å². The van der Waals surface area contributed by atoms with E-state index in [1.165, 1.54) is 0 Å². The minimum Gasteiger partial charge on any atom is -0.459 e. The third kappa shape index (κ3) is 3.36. The van der Waals surface area contributed by atoms with Crippen molar-refractivity contribution in [3.63, 3.8) is 0 Å². The highest BCUT2D eigenvalue weighted by Crippen LogP contribution is 2.58. The number of carbonyl (C=O) groups excluding carboxylic acids is 1. The van der Waals surface area contributed by atoms with Crippen molar-refractivity contribution in [2.24, 2.45) is 11.8 Å². The number of ether oxygens (including phenoxy) is 2. The van der Waals surface area contributed by atoms with Crippen LogP contribution >= 0.6 is 22.6 Å². The van der Waals surface area contributed by atoms with Crippen molar-refractivity contribution in [2.45, 2.75) is 111 Å². The molecule has 6 unspecified atom stereocenters. The van der Waals surface area contributed by atoms with Crippen LogP contribution < -0.4 is 0 Å². The van der Waals surface area contributed by atoms with Gasteiger partial charge in [0.05, 0.1) is 17.3 Å². The van der Waals surface area contributed by atoms with Gasteiger partial charge in [0, 0.05) is 18.3 Å². The third-order valence-corrected chi connectivity index (χ3v) is 9.04. The summed E-state index contributed by atoms with van der Waals surface area (Å²) in [5.74, 6) is -0.373. The average Bonchev–Trinajstić information content (AvgIpc) is 3.38. The first-order chi connectivity index (χ1) is 12.7. The molecule has 0 amide bonds. The first-order valence-corrected chi connectivity index (χ1v) is 11.8. The predicted molar refractivity (Wildman–Crippen MR) is 110 cm³/mol. The van der Waals surface area contributed by atoms with Crippen LogP contribution in [-0.4, -0.2) is 49.1 Å². The molecule has 0 radical (unpaired) electrons. The lowest BCUT2D eigenvalue weighted by Crippen LogP contribution is -2.57. The van der Waals surface area contributed by atoms with E-state index in [4.69, 9.17) is 9.47 Å². The topological polar surface area (TPSA) is 76.0 Å². The molecule has 4 fully saturated rings. The molecule has 2 heterocycles. The van der Waals surface area contributed by atoms with Crippen LogP contribution in [0.5, 0.6) is 0 Å². The van der Waals surface area contributed by atoms with Crippen LogP contribution in [0.25, 0.3) is 0 Å². The molecule has 4 aliphatic rings. The Labute approximate surface area is 175 Å². The molecular weight excluding hydrogens is 459 g/mol. The number of halogens is 1. The Balaban J connectivity index is 1.59. The number of carbonyl (C=O) groups is 1. The van der Waals surface area contributed by atoms with Gasteiger partial charge in [-0.05, 0) is 39.0 Å². The molecule has 0 aromatic rings. The molecule has 2 saturated heterocycles. The lowest BCUT2D eigenvalue weighted by molar-refractivity contribution is -0.163. The van der Waals surface area contributed by atoms with E-state index < -0.39 is 14.6 Å². The van der Waals surface area contributed by atoms with Gasteiger partial charge in [-0.15, -0.1) is 0 Å². The van der Waals surface area contributed by atoms with Crippen LogP contribution in [0.1, 0.15) is 78.1 Å². The molecule has 27 heavy (non-hydrogen) atoms. The van der Waals surface area contributed by atoms with Crippen LogP contribution in [-0.2, 0) is 14.3 Å². The van der Waals surface area contributed by atoms with Crippen LogP contribution in [0.15, 0.2) is 0 Å². The minimum absolute atomic E-state index is 0.0415. The highest BCUT2D eigenvalue weighted by Gasteiger charge is 2.67. The van der Waals surface area contributed by atoms with Gasteiger partial charge < -0.3 is 19.7 Å². The number of hydrogen-bond acceptors (Lipinski definition) is 5. The standard InChI is InChI=1S/C21H33IO5/c1-3-19(2,22)18(23)27-14-12-13-15(20(24)8-4-5-9-20)16(17(14)26-13)21(25)10-6-7-11-21/h13-17,24-25H,3-12H2,1-2H3. The van der Waals surface area contributed by atoms with Gasteiger partial charge in [-0.25, -0.2) is 0 Å². The fraction of sp³-hybridized carbons (Fsp3) is 0.952. The highest BCUT2D eigenvalue weighted by atomic mass is 127. The highest BCUT2D eigenvalue weighted by molar-refractivity contribution is 14.1. The summed E-state index contributed by atoms with van der Waals surface area (Å²) in [7, 11) is 0. The zero-order valence-corrected chi connectivity index (χ0v) is 18.6. The number of rotatable bonds is 5. The fourth-order valence-corrected chi connectivity index (χ4v) is 6.30. The Morgan fingerprint density at radius 1 is 1.11 bits per heavy atom. The Morgan fingerprint density at radius 2 is 1.63 bits per heavy atom. The van der Waals surface area contributed by atoms with Crippen molar-refractivity contribution in [1.29, 1.82) is 0 Å². The molecule has 6 heteroatoms. The maximum atomic E-state index is 12.6. The second kappa shape index (κ2) is 7.10. The number of esters is 1. The minimum atomic E-state index is -0.800. The summed E-state index contributed by atoms with van der Waals surface area (Å²) in [6.45, 7) is 3.89. The summed E-state index contributed by atoms with van der Waals surface area (Å²) >= 11 is 2.16. The summed E-state index contributed by atoms with van der Waals surface area (Å²) in [4.78, 5) is 12.6. The van der Waals surface area contributed by atoms with Gasteiger partial charge in [-0.1, -0.05) is 55.2 Å². The first kappa shape index (κ1) is 20.4. The van der Waals surface area contributed by atoms with E-state index in [2.05, 4.69) is 22.6 Å². The van der Waals surface area contributed by atoms with Crippen molar-refractivity contribution in [3.8, 4) is 0 Å². The van der Waals surface area contributed by atoms with E-state index in [0.29, 0.717) is 12.8 Å². The average molecular weight is 492 g/mol. The lowest BCUT2D eigenvalue weighted by atomic mass is 9.62. The third-order valence-electron chi connectivity index (χ3n) is 7.83. The summed E-state index contributed by atoms with van der Waals surface area (Å²) in [6.07, 6.45) is 7.86. The van der Waals surface area contributed by atoms with E-state index in [9.17, 15) is 15.0 Å². The Hall–Kier alpha value is 0.0800. The van der Waals surface area contributed by atoms with Crippen molar-refractivity contribution >= 4 is 28.6 Å². The lowest BCUT2D eigenvalue weighted by Gasteiger charge is -2.46. The molecule has 2 aliphatic heterocycles. The molecule has 2 N–H and O–H groups in total. The molecule has 2 saturated carbocycles. The molecule has 0 aromatic carbocycles. The van der Waals surface area contributed by atoms with Crippen molar-refractivity contribution in [1.82, 2.24) is 0 Å². The summed E-state index contributed by atoms with van der Waals surface area (Å²) in [5.41, 5.74) is -1.54. The van der Waals surface area contributed by atoms with Crippen LogP contribution in [0.3, 0.4) is 0 Å². The fourth-order valence-electron chi connectivity index (χ4n) is 6.17. The molecule has 4 rings (SSSR count). The van der Waals surface area contributed by atoms with Crippen molar-refractivity contribution in [3.05, 3.63) is 0 Å². The van der Waals surface area contributed by atoms with E-state index in [1.54, 1.807) is 0 Å². The summed E-state index contributed by atoms with van der Waals surface area (Å²) in [6, 6.07) is 0. The van der Waals surface area contributed by atoms with Gasteiger partial charge in [-0.3, -0.25) is 4.79 Å². The molecule has 154 valence electrons. The van der Waals surface area contributed by atoms with Gasteiger partial charge in [0.2, 0.25) is 0 Å². The zero-order chi connectivity index (χ0) is 19.4.